The molecule has 0 unspecified atom stereocenters. The normalized spacial score (nSPS) is 10.8. The number of ether oxygens (including phenoxy) is 14. The van der Waals surface area contributed by atoms with Gasteiger partial charge in [0.15, 0.2) is 0 Å². The Hall–Kier alpha value is -11.8. The average molecular weight is 2280 g/mol. The van der Waals surface area contributed by atoms with Crippen LogP contribution in [0.15, 0.2) is 391 Å². The summed E-state index contributed by atoms with van der Waals surface area (Å²) >= 11 is 14.2. The number of methoxy groups -OCH3 is 9. The Morgan fingerprint density at radius 2 is 0.678 bits per heavy atom. The number of phenols is 2. The van der Waals surface area contributed by atoms with E-state index in [2.05, 4.69) is 118 Å². The number of halogens is 4. The maximum atomic E-state index is 12.0. The van der Waals surface area contributed by atoms with E-state index in [-0.39, 0.29) is 147 Å². The van der Waals surface area contributed by atoms with Gasteiger partial charge in [0, 0.05) is 26.8 Å². The number of phenolic OH excluding ortho intramolecular Hbond substituents is 2. The van der Waals surface area contributed by atoms with Gasteiger partial charge >= 0.3 is 121 Å². The number of esters is 3. The molecule has 0 aliphatic carbocycles. The Balaban J connectivity index is 0.000000270. The van der Waals surface area contributed by atoms with E-state index in [0.29, 0.717) is 54.2 Å². The molecule has 0 spiro atoms. The number of aliphatic hydroxyl groups excluding tert-OH is 1. The first kappa shape index (κ1) is 119. The van der Waals surface area contributed by atoms with Crippen molar-refractivity contribution in [3.8, 4) is 68.6 Å². The number of rotatable bonds is 33. The molecule has 1 aliphatic heterocycles. The first-order valence-electron chi connectivity index (χ1n) is 46.8. The zero-order valence-electron chi connectivity index (χ0n) is 87.4. The minimum atomic E-state index is -0.935. The van der Waals surface area contributed by atoms with Crippen molar-refractivity contribution >= 4 is 84.5 Å². The maximum Gasteiger partial charge on any atom is 1.00 e. The van der Waals surface area contributed by atoms with Crippen molar-refractivity contribution in [3.63, 3.8) is 0 Å². The molecule has 3 N–H and O–H groups in total. The molecule has 0 bridgehead atoms. The van der Waals surface area contributed by atoms with Gasteiger partial charge in [-0.05, 0) is 253 Å². The van der Waals surface area contributed by atoms with E-state index in [9.17, 15) is 19.5 Å². The third-order valence-corrected chi connectivity index (χ3v) is 25.7. The van der Waals surface area contributed by atoms with Crippen molar-refractivity contribution in [2.24, 2.45) is 0 Å². The minimum absolute atomic E-state index is 0. The van der Waals surface area contributed by atoms with Crippen LogP contribution >= 0.6 is 60.1 Å². The van der Waals surface area contributed by atoms with Gasteiger partial charge in [0.25, 0.3) is 6.47 Å². The van der Waals surface area contributed by atoms with Gasteiger partial charge < -0.3 is 93.2 Å². The number of carbonyl (C=O) groups excluding carboxylic acids is 4. The zero-order chi connectivity index (χ0) is 107. The van der Waals surface area contributed by atoms with Gasteiger partial charge in [0.2, 0.25) is 0 Å². The number of fused-ring (bicyclic) bond motifs is 3. The number of aliphatic hydroxyl groups is 1. The van der Waals surface area contributed by atoms with Gasteiger partial charge in [-0.3, -0.25) is 4.79 Å². The largest absolute Gasteiger partial charge is 1.00 e. The third kappa shape index (κ3) is 32.4. The Morgan fingerprint density at radius 1 is 0.376 bits per heavy atom. The standard InChI is InChI=1S/C37H33BrO6.C37H32O6.C28H26O4.C9H8Br2O2.C7H8O2.CH2O3.CH4.ClH.2K.H/c1-40-32-17-13-30(14-18-32)37(29-9-5-4-6-10-29,31-15-19-33(41-2)20-16-31)44-24-26-8-7-11-34(22-26)43-25-28-23-27(36(39)42-3)12-21-35(28)38;1-39-31-15-11-29(12-16-31)37(28-7-5-4-6-8-28,30-13-17-32(40-2)18-14-30)43-23-25-9-19-34-33-20-10-26(36(38)41-3)22-27(33)24-42-35(34)21-25;1-30-26-15-11-23(12-16-26)28(22-8-4-3-5-9-22,24-13-17-27(31-2)18-14-24)32-20-21-7-6-10-25(29)19-21;1-13-9(12)6-2-3-8(11)7(4-6)5-10;8-5-6-2-1-3-7(9)4-6;2-1-4-3;;;;;/h4-23H,24-25H2,1-3H3;4-22H,23-24H2,1-3H3;3-19,29H,20H2,1-2H3;2-4H,5H2,1H3;1-4,8-9H,5H2;1,3H;1H4;1H;;;/q;;;;;;;;2*+1;-1/p-1/i;;;;;;1T;;;;/hD. The van der Waals surface area contributed by atoms with Crippen LogP contribution in [-0.4, -0.2) is 105 Å². The first-order valence-corrected chi connectivity index (χ1v) is 48.1. The summed E-state index contributed by atoms with van der Waals surface area (Å²) in [6.45, 7) is 1.35. The van der Waals surface area contributed by atoms with Gasteiger partial charge in [0.05, 0.1) is 107 Å². The van der Waals surface area contributed by atoms with Crippen LogP contribution in [0.3, 0.4) is 0 Å². The number of hydrogen-bond donors (Lipinski definition) is 3. The van der Waals surface area contributed by atoms with Gasteiger partial charge in [-0.1, -0.05) is 274 Å². The summed E-state index contributed by atoms with van der Waals surface area (Å²) in [5, 5.41) is 36.4. The second-order valence-corrected chi connectivity index (χ2v) is 34.5. The molecule has 16 aromatic rings. The summed E-state index contributed by atoms with van der Waals surface area (Å²) in [4.78, 5) is 46.4. The molecule has 149 heavy (non-hydrogen) atoms. The van der Waals surface area contributed by atoms with Gasteiger partial charge in [-0.2, -0.15) is 0 Å². The number of benzene rings is 16. The molecular formula is C120H114Br3ClK2O23. The van der Waals surface area contributed by atoms with Crippen molar-refractivity contribution < 1.29 is 217 Å². The molecule has 0 saturated carbocycles. The molecule has 0 amide bonds. The van der Waals surface area contributed by atoms with Crippen LogP contribution in [0.4, 0.5) is 0 Å². The fourth-order valence-electron chi connectivity index (χ4n) is 16.2. The van der Waals surface area contributed by atoms with Crippen LogP contribution in [0.1, 0.15) is 130 Å². The van der Waals surface area contributed by atoms with Crippen LogP contribution in [-0.2, 0) is 99.9 Å². The summed E-state index contributed by atoms with van der Waals surface area (Å²) in [5.74, 6) is 5.42. The second-order valence-electron chi connectivity index (χ2n) is 32.2. The Bertz CT molecular complexity index is 6750. The van der Waals surface area contributed by atoms with E-state index >= 15 is 0 Å². The minimum Gasteiger partial charge on any atom is -1.00 e. The fraction of sp³-hybridized carbons (Fsp3) is 0.167. The molecule has 0 fully saturated rings. The fourth-order valence-corrected chi connectivity index (χ4v) is 17.8. The number of carbonyl (C=O) groups is 4. The van der Waals surface area contributed by atoms with Crippen LogP contribution in [0, 0.1) is 0 Å². The van der Waals surface area contributed by atoms with Crippen molar-refractivity contribution in [3.05, 3.63) is 497 Å². The van der Waals surface area contributed by atoms with Gasteiger partial charge in [0.1, 0.15) is 88.7 Å². The quantitative estimate of drug-likeness (QED) is 0.00503. The molecular weight excluding hydrogens is 2160 g/mol. The maximum absolute atomic E-state index is 12.0. The monoisotopic (exact) mass is 2280 g/mol. The molecule has 0 radical (unpaired) electrons. The smallest absolute Gasteiger partial charge is 1.00 e. The molecule has 0 atom stereocenters. The van der Waals surface area contributed by atoms with E-state index in [0.717, 1.165) is 149 Å². The van der Waals surface area contributed by atoms with Crippen molar-refractivity contribution in [2.45, 2.75) is 69.2 Å². The first-order chi connectivity index (χ1) is 72.6. The van der Waals surface area contributed by atoms with Crippen molar-refractivity contribution in [1.82, 2.24) is 0 Å². The van der Waals surface area contributed by atoms with E-state index in [1.165, 1.54) is 34.8 Å². The molecule has 762 valence electrons. The number of aromatic hydroxyl groups is 2. The third-order valence-electron chi connectivity index (χ3n) is 23.5. The molecule has 17 rings (SSSR count). The topological polar surface area (TPSA) is 290 Å². The predicted molar refractivity (Wildman–Crippen MR) is 578 cm³/mol. The summed E-state index contributed by atoms with van der Waals surface area (Å²) in [6, 6.07) is 122. The van der Waals surface area contributed by atoms with Crippen LogP contribution in [0.25, 0.3) is 11.1 Å². The molecule has 23 nitrogen and oxygen atoms in total. The number of alkyl halides is 1. The van der Waals surface area contributed by atoms with Gasteiger partial charge in [-0.15, -0.1) is 12.3 Å². The molecule has 0 saturated heterocycles. The molecule has 0 aromatic heterocycles. The van der Waals surface area contributed by atoms with E-state index in [1.807, 2.05) is 267 Å². The van der Waals surface area contributed by atoms with Gasteiger partial charge in [-0.25, -0.2) is 14.4 Å². The van der Waals surface area contributed by atoms with E-state index in [4.69, 9.17) is 84.4 Å². The van der Waals surface area contributed by atoms with Crippen molar-refractivity contribution in [2.75, 3.05) is 64.0 Å². The van der Waals surface area contributed by atoms with Crippen LogP contribution in [0.5, 0.6) is 57.5 Å². The van der Waals surface area contributed by atoms with Crippen LogP contribution in [0.2, 0.25) is 0 Å². The Labute approximate surface area is 989 Å². The Kier molecular flexibility index (Phi) is 49.6. The molecule has 16 aromatic carbocycles. The van der Waals surface area contributed by atoms with E-state index < -0.39 is 22.8 Å². The average Bonchev–Trinajstić information content (AvgIpc) is 0.757. The predicted octanol–water partition coefficient (Wildman–Crippen LogP) is 19.4. The second kappa shape index (κ2) is 62.1. The van der Waals surface area contributed by atoms with E-state index in [1.54, 1.807) is 103 Å². The van der Waals surface area contributed by atoms with Crippen molar-refractivity contribution in [1.29, 1.82) is 1.17 Å². The summed E-state index contributed by atoms with van der Waals surface area (Å²) < 4.78 is 92.9. The Morgan fingerprint density at radius 3 is 1.01 bits per heavy atom. The molecule has 1 heterocycles. The summed E-state index contributed by atoms with van der Waals surface area (Å²) in [5.41, 5.74) is 15.9. The SMILES string of the molecule is COC(=O)c1ccc(Br)c(CBr)c1.COC(=O)c1ccc(Br)c(COc2cccc(COC(c3ccccc3)(c3ccc(OC)cc3)c3ccc(OC)cc3)c2)c1.COC(=O)c1ccc2c(c1)COc1cc(COC(c3ccccc3)(c3ccc(OC)cc3)c3ccc(OC)cc3)ccc1-2.COc1ccc(C(OCc2cccc(O)c2)(c2ccccc2)c2ccc(OC)cc2)cc1.O=CO[O-].OCc1cccc(O)c1.[2H]Cl.[3H]C.[H-].[K+].[K+]. The summed E-state index contributed by atoms with van der Waals surface area (Å²) in [7, 11) is 15.3. The van der Waals surface area contributed by atoms with Crippen LogP contribution < -0.4 is 146 Å². The molecule has 1 aliphatic rings. The molecule has 29 heteroatoms. The number of hydrogen-bond acceptors (Lipinski definition) is 23. The summed E-state index contributed by atoms with van der Waals surface area (Å²) in [6.07, 6.45) is 0. The zero-order valence-corrected chi connectivity index (χ0v) is 96.2.